The third-order valence-corrected chi connectivity index (χ3v) is 2.66. The molecule has 17 heavy (non-hydrogen) atoms. The minimum atomic E-state index is -0.499. The molecule has 1 unspecified atom stereocenters. The Morgan fingerprint density at radius 3 is 2.94 bits per heavy atom. The summed E-state index contributed by atoms with van der Waals surface area (Å²) >= 11 is 3.26. The highest BCUT2D eigenvalue weighted by Gasteiger charge is 2.08. The van der Waals surface area contributed by atoms with Crippen molar-refractivity contribution in [2.75, 3.05) is 5.32 Å². The molecule has 0 saturated carbocycles. The predicted molar refractivity (Wildman–Crippen MR) is 68.4 cm³/mol. The molecule has 2 N–H and O–H groups in total. The van der Waals surface area contributed by atoms with Crippen molar-refractivity contribution in [2.24, 2.45) is 0 Å². The molecule has 1 amide bonds. The molecule has 1 atom stereocenters. The van der Waals surface area contributed by atoms with Crippen molar-refractivity contribution in [3.63, 3.8) is 0 Å². The Balaban J connectivity index is 2.69. The van der Waals surface area contributed by atoms with E-state index in [2.05, 4.69) is 21.2 Å². The van der Waals surface area contributed by atoms with E-state index in [1.807, 2.05) is 6.07 Å². The Hall–Kier alpha value is -1.38. The number of amides is 1. The lowest BCUT2D eigenvalue weighted by Gasteiger charge is -2.08. The van der Waals surface area contributed by atoms with Crippen LogP contribution in [0.25, 0.3) is 0 Å². The van der Waals surface area contributed by atoms with Crippen molar-refractivity contribution < 1.29 is 9.90 Å². The zero-order valence-electron chi connectivity index (χ0n) is 9.40. The SMILES string of the molecule is CC(O)CCC(=O)Nc1ccc(Br)cc1C#N. The fraction of sp³-hybridized carbons (Fsp3) is 0.333. The first-order chi connectivity index (χ1) is 8.02. The van der Waals surface area contributed by atoms with E-state index in [1.54, 1.807) is 25.1 Å². The highest BCUT2D eigenvalue weighted by Crippen LogP contribution is 2.20. The fourth-order valence-electron chi connectivity index (χ4n) is 1.27. The minimum absolute atomic E-state index is 0.204. The van der Waals surface area contributed by atoms with E-state index >= 15 is 0 Å². The second kappa shape index (κ2) is 6.38. The number of nitrogens with zero attached hydrogens (tertiary/aromatic N) is 1. The number of nitriles is 1. The topological polar surface area (TPSA) is 73.1 Å². The molecule has 4 nitrogen and oxygen atoms in total. The van der Waals surface area contributed by atoms with Gasteiger partial charge in [0.25, 0.3) is 0 Å². The van der Waals surface area contributed by atoms with Gasteiger partial charge < -0.3 is 10.4 Å². The van der Waals surface area contributed by atoms with Crippen molar-refractivity contribution in [2.45, 2.75) is 25.9 Å². The molecule has 0 spiro atoms. The lowest BCUT2D eigenvalue weighted by Crippen LogP contribution is -2.14. The summed E-state index contributed by atoms with van der Waals surface area (Å²) < 4.78 is 0.788. The summed E-state index contributed by atoms with van der Waals surface area (Å²) in [5.74, 6) is -0.204. The largest absolute Gasteiger partial charge is 0.393 e. The van der Waals surface area contributed by atoms with Crippen LogP contribution in [0.15, 0.2) is 22.7 Å². The van der Waals surface area contributed by atoms with E-state index in [-0.39, 0.29) is 12.3 Å². The third kappa shape index (κ3) is 4.55. The van der Waals surface area contributed by atoms with Crippen molar-refractivity contribution in [3.8, 4) is 6.07 Å². The zero-order chi connectivity index (χ0) is 12.8. The van der Waals surface area contributed by atoms with Gasteiger partial charge in [-0.25, -0.2) is 0 Å². The maximum absolute atomic E-state index is 11.5. The number of carbonyl (C=O) groups is 1. The Morgan fingerprint density at radius 1 is 1.65 bits per heavy atom. The lowest BCUT2D eigenvalue weighted by atomic mass is 10.1. The lowest BCUT2D eigenvalue weighted by molar-refractivity contribution is -0.116. The number of halogens is 1. The minimum Gasteiger partial charge on any atom is -0.393 e. The highest BCUT2D eigenvalue weighted by molar-refractivity contribution is 9.10. The standard InChI is InChI=1S/C12H13BrN2O2/c1-8(16)2-5-12(17)15-11-4-3-10(13)6-9(11)7-14/h3-4,6,8,16H,2,5H2,1H3,(H,15,17). The van der Waals surface area contributed by atoms with Crippen LogP contribution in [0.1, 0.15) is 25.3 Å². The first-order valence-corrected chi connectivity index (χ1v) is 6.00. The van der Waals surface area contributed by atoms with E-state index in [4.69, 9.17) is 10.4 Å². The van der Waals surface area contributed by atoms with Crippen molar-refractivity contribution in [3.05, 3.63) is 28.2 Å². The summed E-state index contributed by atoms with van der Waals surface area (Å²) in [7, 11) is 0. The molecule has 0 bridgehead atoms. The van der Waals surface area contributed by atoms with E-state index < -0.39 is 6.10 Å². The Morgan fingerprint density at radius 2 is 2.35 bits per heavy atom. The molecule has 90 valence electrons. The normalized spacial score (nSPS) is 11.6. The van der Waals surface area contributed by atoms with Crippen LogP contribution in [0.5, 0.6) is 0 Å². The second-order valence-electron chi connectivity index (χ2n) is 3.74. The van der Waals surface area contributed by atoms with Crippen molar-refractivity contribution in [1.29, 1.82) is 5.26 Å². The molecule has 0 aliphatic heterocycles. The first-order valence-electron chi connectivity index (χ1n) is 5.20. The molecule has 0 fully saturated rings. The molecule has 0 heterocycles. The van der Waals surface area contributed by atoms with Gasteiger partial charge in [0.15, 0.2) is 0 Å². The monoisotopic (exact) mass is 296 g/mol. The fourth-order valence-corrected chi connectivity index (χ4v) is 1.63. The number of hydrogen-bond donors (Lipinski definition) is 2. The van der Waals surface area contributed by atoms with Crippen LogP contribution >= 0.6 is 15.9 Å². The van der Waals surface area contributed by atoms with Crippen LogP contribution in [0.3, 0.4) is 0 Å². The average molecular weight is 297 g/mol. The van der Waals surface area contributed by atoms with Gasteiger partial charge in [0.1, 0.15) is 6.07 Å². The van der Waals surface area contributed by atoms with Crippen LogP contribution in [0.2, 0.25) is 0 Å². The summed E-state index contributed by atoms with van der Waals surface area (Å²) in [4.78, 5) is 11.5. The molecule has 5 heteroatoms. The average Bonchev–Trinajstić information content (AvgIpc) is 2.28. The molecule has 0 radical (unpaired) electrons. The van der Waals surface area contributed by atoms with E-state index in [1.165, 1.54) is 0 Å². The highest BCUT2D eigenvalue weighted by atomic mass is 79.9. The zero-order valence-corrected chi connectivity index (χ0v) is 11.0. The van der Waals surface area contributed by atoms with E-state index in [9.17, 15) is 4.79 Å². The summed E-state index contributed by atoms with van der Waals surface area (Å²) in [5, 5.41) is 20.6. The van der Waals surface area contributed by atoms with Crippen molar-refractivity contribution in [1.82, 2.24) is 0 Å². The Bertz CT molecular complexity index is 452. The van der Waals surface area contributed by atoms with Crippen LogP contribution in [0, 0.1) is 11.3 Å². The molecule has 0 aliphatic rings. The Labute approximate surface area is 108 Å². The van der Waals surface area contributed by atoms with Crippen LogP contribution in [-0.4, -0.2) is 17.1 Å². The number of nitrogens with one attached hydrogen (secondary N) is 1. The van der Waals surface area contributed by atoms with Gasteiger partial charge in [-0.05, 0) is 31.5 Å². The predicted octanol–water partition coefficient (Wildman–Crippen LogP) is 2.42. The number of carbonyl (C=O) groups excluding carboxylic acids is 1. The maximum Gasteiger partial charge on any atom is 0.224 e. The number of anilines is 1. The van der Waals surface area contributed by atoms with Gasteiger partial charge in [-0.1, -0.05) is 15.9 Å². The van der Waals surface area contributed by atoms with Gasteiger partial charge in [-0.3, -0.25) is 4.79 Å². The number of aliphatic hydroxyl groups excluding tert-OH is 1. The number of hydrogen-bond acceptors (Lipinski definition) is 3. The quantitative estimate of drug-likeness (QED) is 0.896. The second-order valence-corrected chi connectivity index (χ2v) is 4.65. The maximum atomic E-state index is 11.5. The Kier molecular flexibility index (Phi) is 5.13. The van der Waals surface area contributed by atoms with Gasteiger partial charge in [0.05, 0.1) is 17.4 Å². The van der Waals surface area contributed by atoms with Crippen molar-refractivity contribution >= 4 is 27.5 Å². The molecular weight excluding hydrogens is 284 g/mol. The third-order valence-electron chi connectivity index (χ3n) is 2.17. The van der Waals surface area contributed by atoms with Crippen LogP contribution < -0.4 is 5.32 Å². The molecule has 0 aromatic heterocycles. The summed E-state index contributed by atoms with van der Waals surface area (Å²) in [6.07, 6.45) is 0.143. The van der Waals surface area contributed by atoms with E-state index in [0.29, 0.717) is 17.7 Å². The van der Waals surface area contributed by atoms with Crippen LogP contribution in [0.4, 0.5) is 5.69 Å². The number of rotatable bonds is 4. The molecule has 1 aromatic rings. The van der Waals surface area contributed by atoms with Gasteiger partial charge in [0.2, 0.25) is 5.91 Å². The number of aliphatic hydroxyl groups is 1. The summed E-state index contributed by atoms with van der Waals surface area (Å²) in [5.41, 5.74) is 0.899. The smallest absolute Gasteiger partial charge is 0.224 e. The van der Waals surface area contributed by atoms with Gasteiger partial charge in [-0.15, -0.1) is 0 Å². The molecule has 0 saturated heterocycles. The van der Waals surface area contributed by atoms with Gasteiger partial charge >= 0.3 is 0 Å². The molecule has 0 aliphatic carbocycles. The van der Waals surface area contributed by atoms with Gasteiger partial charge in [-0.2, -0.15) is 5.26 Å². The first kappa shape index (κ1) is 13.7. The van der Waals surface area contributed by atoms with E-state index in [0.717, 1.165) is 4.47 Å². The molecular formula is C12H13BrN2O2. The molecule has 1 aromatic carbocycles. The summed E-state index contributed by atoms with van der Waals surface area (Å²) in [6, 6.07) is 7.08. The summed E-state index contributed by atoms with van der Waals surface area (Å²) in [6.45, 7) is 1.63. The number of benzene rings is 1. The molecule has 1 rings (SSSR count). The van der Waals surface area contributed by atoms with Crippen LogP contribution in [-0.2, 0) is 4.79 Å². The van der Waals surface area contributed by atoms with Gasteiger partial charge in [0, 0.05) is 10.9 Å².